The molecule has 154 valence electrons. The topological polar surface area (TPSA) is 59.8 Å². The Labute approximate surface area is 184 Å². The lowest BCUT2D eigenvalue weighted by Crippen LogP contribution is -2.15. The molecule has 0 fully saturated rings. The van der Waals surface area contributed by atoms with Crippen LogP contribution in [0.3, 0.4) is 0 Å². The monoisotopic (exact) mass is 438 g/mol. The van der Waals surface area contributed by atoms with Crippen LogP contribution in [-0.2, 0) is 23.2 Å². The average molecular weight is 439 g/mol. The number of hydrogen-bond donors (Lipinski definition) is 1. The maximum absolute atomic E-state index is 12.7. The number of rotatable bonds is 5. The van der Waals surface area contributed by atoms with Crippen LogP contribution in [0.2, 0.25) is 5.02 Å². The molecule has 0 radical (unpaired) electrons. The van der Waals surface area contributed by atoms with Crippen LogP contribution in [0.4, 0.5) is 5.13 Å². The first-order valence-electron chi connectivity index (χ1n) is 9.72. The molecule has 7 heteroatoms. The fraction of sp³-hybridized carbons (Fsp3) is 0.261. The first-order chi connectivity index (χ1) is 14.3. The highest BCUT2D eigenvalue weighted by Gasteiger charge is 2.19. The van der Waals surface area contributed by atoms with Crippen LogP contribution in [0.5, 0.6) is 0 Å². The summed E-state index contributed by atoms with van der Waals surface area (Å²) in [6, 6.07) is 11.6. The van der Waals surface area contributed by atoms with Gasteiger partial charge in [-0.3, -0.25) is 9.78 Å². The van der Waals surface area contributed by atoms with Gasteiger partial charge in [0.2, 0.25) is 5.91 Å². The number of pyridine rings is 1. The molecule has 0 aliphatic carbocycles. The molecule has 0 saturated heterocycles. The molecule has 0 unspecified atom stereocenters. The Morgan fingerprint density at radius 3 is 2.77 bits per heavy atom. The highest BCUT2D eigenvalue weighted by Crippen LogP contribution is 2.28. The van der Waals surface area contributed by atoms with Gasteiger partial charge in [0, 0.05) is 39.1 Å². The first kappa shape index (κ1) is 20.6. The van der Waals surface area contributed by atoms with Crippen LogP contribution in [0.15, 0.2) is 54.2 Å². The summed E-state index contributed by atoms with van der Waals surface area (Å²) in [6.07, 6.45) is 4.04. The van der Waals surface area contributed by atoms with Gasteiger partial charge in [-0.15, -0.1) is 11.3 Å². The Hall–Kier alpha value is -2.70. The summed E-state index contributed by atoms with van der Waals surface area (Å²) in [5.41, 5.74) is 3.83. The number of nitrogens with one attached hydrogen (secondary N) is 1. The SMILES string of the molecule is CC(C)(C)c1csc(NC(=O)Cc2cn(Cc3ccccn3)c3ccc(Cl)cc23)n1. The maximum atomic E-state index is 12.7. The molecule has 0 aliphatic rings. The highest BCUT2D eigenvalue weighted by atomic mass is 35.5. The zero-order valence-electron chi connectivity index (χ0n) is 17.1. The number of amides is 1. The van der Waals surface area contributed by atoms with Crippen molar-refractivity contribution in [3.05, 3.63) is 76.1 Å². The number of hydrogen-bond acceptors (Lipinski definition) is 4. The Kier molecular flexibility index (Phi) is 5.62. The molecule has 0 bridgehead atoms. The van der Waals surface area contributed by atoms with Gasteiger partial charge in [0.05, 0.1) is 24.4 Å². The number of fused-ring (bicyclic) bond motifs is 1. The summed E-state index contributed by atoms with van der Waals surface area (Å²) >= 11 is 7.69. The molecule has 1 amide bonds. The van der Waals surface area contributed by atoms with E-state index in [1.54, 1.807) is 6.20 Å². The Bertz CT molecular complexity index is 1190. The molecule has 5 nitrogen and oxygen atoms in total. The lowest BCUT2D eigenvalue weighted by atomic mass is 9.93. The van der Waals surface area contributed by atoms with E-state index in [9.17, 15) is 4.79 Å². The van der Waals surface area contributed by atoms with Gasteiger partial charge in [-0.2, -0.15) is 0 Å². The van der Waals surface area contributed by atoms with E-state index < -0.39 is 0 Å². The lowest BCUT2D eigenvalue weighted by Gasteiger charge is -2.14. The van der Waals surface area contributed by atoms with Crippen molar-refractivity contribution in [2.24, 2.45) is 0 Å². The minimum Gasteiger partial charge on any atom is -0.341 e. The fourth-order valence-corrected chi connectivity index (χ4v) is 4.42. The van der Waals surface area contributed by atoms with E-state index in [0.29, 0.717) is 16.7 Å². The molecular weight excluding hydrogens is 416 g/mol. The van der Waals surface area contributed by atoms with Crippen molar-refractivity contribution in [3.8, 4) is 0 Å². The van der Waals surface area contributed by atoms with Gasteiger partial charge in [0.1, 0.15) is 0 Å². The fourth-order valence-electron chi connectivity index (χ4n) is 3.29. The van der Waals surface area contributed by atoms with Crippen molar-refractivity contribution in [3.63, 3.8) is 0 Å². The number of halogens is 1. The van der Waals surface area contributed by atoms with Crippen LogP contribution in [-0.4, -0.2) is 20.4 Å². The van der Waals surface area contributed by atoms with Gasteiger partial charge in [0.15, 0.2) is 5.13 Å². The van der Waals surface area contributed by atoms with E-state index in [4.69, 9.17) is 11.6 Å². The molecule has 0 aliphatic heterocycles. The Morgan fingerprint density at radius 2 is 2.07 bits per heavy atom. The summed E-state index contributed by atoms with van der Waals surface area (Å²) in [5.74, 6) is -0.0957. The number of carbonyl (C=O) groups is 1. The van der Waals surface area contributed by atoms with Crippen LogP contribution in [0.25, 0.3) is 10.9 Å². The number of aromatic nitrogens is 3. The average Bonchev–Trinajstić information content (AvgIpc) is 3.28. The Morgan fingerprint density at radius 1 is 1.23 bits per heavy atom. The summed E-state index contributed by atoms with van der Waals surface area (Å²) in [5, 5.41) is 7.18. The van der Waals surface area contributed by atoms with Gasteiger partial charge < -0.3 is 9.88 Å². The molecule has 0 spiro atoms. The summed E-state index contributed by atoms with van der Waals surface area (Å²) in [7, 11) is 0. The van der Waals surface area contributed by atoms with Crippen LogP contribution < -0.4 is 5.32 Å². The number of nitrogens with zero attached hydrogens (tertiary/aromatic N) is 3. The minimum absolute atomic E-state index is 0.0465. The van der Waals surface area contributed by atoms with Crippen molar-refractivity contribution >= 4 is 44.9 Å². The third-order valence-corrected chi connectivity index (χ3v) is 5.85. The van der Waals surface area contributed by atoms with Gasteiger partial charge >= 0.3 is 0 Å². The molecule has 4 aromatic rings. The smallest absolute Gasteiger partial charge is 0.230 e. The number of carbonyl (C=O) groups excluding carboxylic acids is 1. The molecule has 30 heavy (non-hydrogen) atoms. The minimum atomic E-state index is -0.0957. The summed E-state index contributed by atoms with van der Waals surface area (Å²) in [6.45, 7) is 6.94. The second kappa shape index (κ2) is 8.20. The first-order valence-corrected chi connectivity index (χ1v) is 11.0. The van der Waals surface area contributed by atoms with Gasteiger partial charge in [-0.1, -0.05) is 38.4 Å². The van der Waals surface area contributed by atoms with E-state index in [1.807, 2.05) is 48.0 Å². The van der Waals surface area contributed by atoms with Gasteiger partial charge in [-0.25, -0.2) is 4.98 Å². The maximum Gasteiger partial charge on any atom is 0.230 e. The van der Waals surface area contributed by atoms with Gasteiger partial charge in [-0.05, 0) is 35.9 Å². The molecule has 1 aromatic carbocycles. The number of thiazole rings is 1. The molecule has 1 N–H and O–H groups in total. The third kappa shape index (κ3) is 4.55. The van der Waals surface area contributed by atoms with Crippen molar-refractivity contribution in [2.75, 3.05) is 5.32 Å². The second-order valence-electron chi connectivity index (χ2n) is 8.28. The van der Waals surface area contributed by atoms with Gasteiger partial charge in [0.25, 0.3) is 0 Å². The second-order valence-corrected chi connectivity index (χ2v) is 9.57. The molecular formula is C23H23ClN4OS. The molecule has 3 heterocycles. The van der Waals surface area contributed by atoms with E-state index >= 15 is 0 Å². The van der Waals surface area contributed by atoms with Crippen molar-refractivity contribution in [1.82, 2.24) is 14.5 Å². The third-order valence-electron chi connectivity index (χ3n) is 4.85. The number of anilines is 1. The van der Waals surface area contributed by atoms with Crippen molar-refractivity contribution < 1.29 is 4.79 Å². The van der Waals surface area contributed by atoms with E-state index in [2.05, 4.69) is 40.6 Å². The highest BCUT2D eigenvalue weighted by molar-refractivity contribution is 7.13. The predicted octanol–water partition coefficient (Wildman–Crippen LogP) is 5.67. The van der Waals surface area contributed by atoms with Crippen LogP contribution in [0.1, 0.15) is 37.7 Å². The van der Waals surface area contributed by atoms with E-state index in [1.165, 1.54) is 11.3 Å². The van der Waals surface area contributed by atoms with E-state index in [0.717, 1.165) is 27.9 Å². The molecule has 0 atom stereocenters. The standard InChI is InChI=1S/C23H23ClN4OS/c1-23(2,3)20-14-30-22(26-20)27-21(29)10-15-12-28(13-17-6-4-5-9-25-17)19-8-7-16(24)11-18(15)19/h4-9,11-12,14H,10,13H2,1-3H3,(H,26,27,29). The van der Waals surface area contributed by atoms with Crippen LogP contribution >= 0.6 is 22.9 Å². The summed E-state index contributed by atoms with van der Waals surface area (Å²) < 4.78 is 2.11. The predicted molar refractivity (Wildman–Crippen MR) is 123 cm³/mol. The normalized spacial score (nSPS) is 11.7. The van der Waals surface area contributed by atoms with E-state index in [-0.39, 0.29) is 17.7 Å². The molecule has 3 aromatic heterocycles. The van der Waals surface area contributed by atoms with Crippen molar-refractivity contribution in [1.29, 1.82) is 0 Å². The van der Waals surface area contributed by atoms with Crippen LogP contribution in [0, 0.1) is 0 Å². The molecule has 0 saturated carbocycles. The zero-order chi connectivity index (χ0) is 21.3. The Balaban J connectivity index is 1.58. The summed E-state index contributed by atoms with van der Waals surface area (Å²) in [4.78, 5) is 21.7. The zero-order valence-corrected chi connectivity index (χ0v) is 18.7. The van der Waals surface area contributed by atoms with Crippen molar-refractivity contribution in [2.45, 2.75) is 39.2 Å². The molecule has 4 rings (SSSR count). The number of benzene rings is 1. The lowest BCUT2D eigenvalue weighted by molar-refractivity contribution is -0.115. The quantitative estimate of drug-likeness (QED) is 0.436. The largest absolute Gasteiger partial charge is 0.341 e.